The molecule has 1 atom stereocenters. The molecule has 0 aliphatic carbocycles. The number of pyridine rings is 1. The average molecular weight is 279 g/mol. The van der Waals surface area contributed by atoms with Gasteiger partial charge in [0.05, 0.1) is 17.2 Å². The summed E-state index contributed by atoms with van der Waals surface area (Å²) in [5.41, 5.74) is 0.0547. The third-order valence-corrected chi connectivity index (χ3v) is 2.53. The first kappa shape index (κ1) is 13.7. The van der Waals surface area contributed by atoms with Gasteiger partial charge < -0.3 is 15.5 Å². The Balaban J connectivity index is 2.82. The second-order valence-electron chi connectivity index (χ2n) is 3.04. The lowest BCUT2D eigenvalue weighted by Gasteiger charge is -2.11. The highest BCUT2D eigenvalue weighted by molar-refractivity contribution is 6.41. The van der Waals surface area contributed by atoms with Crippen LogP contribution in [0.15, 0.2) is 12.3 Å². The van der Waals surface area contributed by atoms with Gasteiger partial charge in [0.15, 0.2) is 6.04 Å². The van der Waals surface area contributed by atoms with Crippen LogP contribution in [0.2, 0.25) is 10.2 Å². The number of aliphatic hydroxyl groups excluding tert-OH is 1. The van der Waals surface area contributed by atoms with Crippen molar-refractivity contribution in [2.45, 2.75) is 6.04 Å². The second-order valence-corrected chi connectivity index (χ2v) is 3.81. The van der Waals surface area contributed by atoms with E-state index in [-0.39, 0.29) is 15.7 Å². The molecule has 1 heterocycles. The molecule has 0 saturated carbocycles. The van der Waals surface area contributed by atoms with Crippen LogP contribution in [0.3, 0.4) is 0 Å². The Morgan fingerprint density at radius 1 is 1.47 bits per heavy atom. The Morgan fingerprint density at radius 2 is 2.12 bits per heavy atom. The third-order valence-electron chi connectivity index (χ3n) is 1.84. The van der Waals surface area contributed by atoms with Crippen molar-refractivity contribution in [3.8, 4) is 0 Å². The fraction of sp³-hybridized carbons (Fsp3) is 0.222. The van der Waals surface area contributed by atoms with Gasteiger partial charge in [-0.15, -0.1) is 0 Å². The van der Waals surface area contributed by atoms with E-state index in [4.69, 9.17) is 33.4 Å². The minimum absolute atomic E-state index is 0.0418. The van der Waals surface area contributed by atoms with Gasteiger partial charge in [-0.2, -0.15) is 0 Å². The minimum Gasteiger partial charge on any atom is -0.480 e. The highest BCUT2D eigenvalue weighted by atomic mass is 35.5. The topological polar surface area (TPSA) is 99.5 Å². The number of nitrogens with one attached hydrogen (secondary N) is 1. The van der Waals surface area contributed by atoms with Crippen molar-refractivity contribution in [1.82, 2.24) is 10.3 Å². The van der Waals surface area contributed by atoms with E-state index in [1.807, 2.05) is 0 Å². The predicted molar refractivity (Wildman–Crippen MR) is 60.2 cm³/mol. The second kappa shape index (κ2) is 5.81. The van der Waals surface area contributed by atoms with Crippen LogP contribution in [0.25, 0.3) is 0 Å². The number of carboxylic acid groups (broad SMARTS) is 1. The van der Waals surface area contributed by atoms with Gasteiger partial charge in [-0.3, -0.25) is 4.79 Å². The molecule has 0 saturated heterocycles. The summed E-state index contributed by atoms with van der Waals surface area (Å²) in [5.74, 6) is -2.05. The van der Waals surface area contributed by atoms with Crippen molar-refractivity contribution < 1.29 is 19.8 Å². The summed E-state index contributed by atoms with van der Waals surface area (Å²) in [6.45, 7) is -0.712. The molecule has 0 unspecified atom stereocenters. The van der Waals surface area contributed by atoms with Gasteiger partial charge in [0, 0.05) is 6.20 Å². The maximum absolute atomic E-state index is 11.6. The number of halogens is 2. The van der Waals surface area contributed by atoms with Crippen LogP contribution in [-0.4, -0.2) is 39.7 Å². The lowest BCUT2D eigenvalue weighted by Crippen LogP contribution is -2.43. The molecule has 1 amide bonds. The van der Waals surface area contributed by atoms with Gasteiger partial charge in [0.1, 0.15) is 5.15 Å². The molecule has 0 spiro atoms. The molecule has 1 aromatic heterocycles. The van der Waals surface area contributed by atoms with Crippen LogP contribution < -0.4 is 5.32 Å². The van der Waals surface area contributed by atoms with E-state index in [1.165, 1.54) is 6.07 Å². The van der Waals surface area contributed by atoms with E-state index in [0.717, 1.165) is 6.20 Å². The third kappa shape index (κ3) is 3.55. The quantitative estimate of drug-likeness (QED) is 0.699. The molecule has 8 heteroatoms. The molecule has 0 aliphatic heterocycles. The molecule has 0 aliphatic rings. The first-order valence-electron chi connectivity index (χ1n) is 4.41. The van der Waals surface area contributed by atoms with Crippen LogP contribution in [0.4, 0.5) is 0 Å². The van der Waals surface area contributed by atoms with E-state index in [9.17, 15) is 9.59 Å². The van der Waals surface area contributed by atoms with E-state index < -0.39 is 24.5 Å². The number of carbonyl (C=O) groups excluding carboxylic acids is 1. The fourth-order valence-corrected chi connectivity index (χ4v) is 1.24. The number of nitrogens with zero attached hydrogens (tertiary/aromatic N) is 1. The Morgan fingerprint density at radius 3 is 2.59 bits per heavy atom. The van der Waals surface area contributed by atoms with Crippen molar-refractivity contribution in [3.05, 3.63) is 28.0 Å². The summed E-state index contributed by atoms with van der Waals surface area (Å²) in [6.07, 6.45) is 1.15. The Labute approximate surface area is 106 Å². The Hall–Kier alpha value is -1.37. The fourth-order valence-electron chi connectivity index (χ4n) is 0.972. The molecule has 3 N–H and O–H groups in total. The van der Waals surface area contributed by atoms with Crippen LogP contribution in [0, 0.1) is 0 Å². The smallest absolute Gasteiger partial charge is 0.328 e. The normalized spacial score (nSPS) is 11.9. The minimum atomic E-state index is -1.38. The number of aromatic nitrogens is 1. The van der Waals surface area contributed by atoms with Gasteiger partial charge in [0.2, 0.25) is 0 Å². The summed E-state index contributed by atoms with van der Waals surface area (Å²) >= 11 is 11.2. The average Bonchev–Trinajstić information content (AvgIpc) is 2.28. The molecule has 17 heavy (non-hydrogen) atoms. The van der Waals surface area contributed by atoms with E-state index in [2.05, 4.69) is 10.3 Å². The van der Waals surface area contributed by atoms with Crippen molar-refractivity contribution in [2.75, 3.05) is 6.61 Å². The SMILES string of the molecule is O=C(N[C@@H](CO)C(=O)O)c1cnc(Cl)c(Cl)c1. The number of aliphatic hydroxyl groups is 1. The maximum atomic E-state index is 11.6. The molecule has 0 radical (unpaired) electrons. The zero-order chi connectivity index (χ0) is 13.0. The monoisotopic (exact) mass is 278 g/mol. The molecule has 0 fully saturated rings. The Bertz CT molecular complexity index is 453. The van der Waals surface area contributed by atoms with Crippen LogP contribution in [-0.2, 0) is 4.79 Å². The summed E-state index contributed by atoms with van der Waals surface area (Å²) in [7, 11) is 0. The molecule has 92 valence electrons. The summed E-state index contributed by atoms with van der Waals surface area (Å²) in [5, 5.41) is 19.6. The molecule has 0 bridgehead atoms. The molecular formula is C9H8Cl2N2O4. The first-order chi connectivity index (χ1) is 7.95. The number of hydrogen-bond acceptors (Lipinski definition) is 4. The van der Waals surface area contributed by atoms with Crippen LogP contribution in [0.5, 0.6) is 0 Å². The first-order valence-corrected chi connectivity index (χ1v) is 5.17. The van der Waals surface area contributed by atoms with Crippen LogP contribution in [0.1, 0.15) is 10.4 Å². The highest BCUT2D eigenvalue weighted by Gasteiger charge is 2.20. The summed E-state index contributed by atoms with van der Waals surface area (Å²) < 4.78 is 0. The number of aliphatic carboxylic acids is 1. The predicted octanol–water partition coefficient (Wildman–Crippen LogP) is 0.564. The van der Waals surface area contributed by atoms with Gasteiger partial charge in [0.25, 0.3) is 5.91 Å². The zero-order valence-corrected chi connectivity index (χ0v) is 9.87. The van der Waals surface area contributed by atoms with E-state index in [0.29, 0.717) is 0 Å². The standard InChI is InChI=1S/C9H8Cl2N2O4/c10-5-1-4(2-12-7(5)11)8(15)13-6(3-14)9(16)17/h1-2,6,14H,3H2,(H,13,15)(H,16,17)/t6-/m0/s1. The van der Waals surface area contributed by atoms with E-state index >= 15 is 0 Å². The summed E-state index contributed by atoms with van der Waals surface area (Å²) in [6, 6.07) is -0.125. The van der Waals surface area contributed by atoms with Gasteiger partial charge in [-0.05, 0) is 6.07 Å². The van der Waals surface area contributed by atoms with Gasteiger partial charge in [-0.1, -0.05) is 23.2 Å². The molecular weight excluding hydrogens is 271 g/mol. The molecule has 1 aromatic rings. The highest BCUT2D eigenvalue weighted by Crippen LogP contribution is 2.19. The van der Waals surface area contributed by atoms with E-state index in [1.54, 1.807) is 0 Å². The van der Waals surface area contributed by atoms with Gasteiger partial charge >= 0.3 is 5.97 Å². The van der Waals surface area contributed by atoms with Crippen LogP contribution >= 0.6 is 23.2 Å². The molecule has 0 aromatic carbocycles. The van der Waals surface area contributed by atoms with Crippen molar-refractivity contribution >= 4 is 35.1 Å². The number of carbonyl (C=O) groups is 2. The number of rotatable bonds is 4. The van der Waals surface area contributed by atoms with Crippen molar-refractivity contribution in [2.24, 2.45) is 0 Å². The lowest BCUT2D eigenvalue weighted by atomic mass is 10.2. The lowest BCUT2D eigenvalue weighted by molar-refractivity contribution is -0.140. The molecule has 1 rings (SSSR count). The largest absolute Gasteiger partial charge is 0.480 e. The number of amides is 1. The summed E-state index contributed by atoms with van der Waals surface area (Å²) in [4.78, 5) is 25.8. The van der Waals surface area contributed by atoms with Crippen molar-refractivity contribution in [3.63, 3.8) is 0 Å². The molecule has 6 nitrogen and oxygen atoms in total. The van der Waals surface area contributed by atoms with Crippen molar-refractivity contribution in [1.29, 1.82) is 0 Å². The zero-order valence-electron chi connectivity index (χ0n) is 8.35. The Kier molecular flexibility index (Phi) is 4.68. The maximum Gasteiger partial charge on any atom is 0.328 e. The van der Waals surface area contributed by atoms with Gasteiger partial charge in [-0.25, -0.2) is 9.78 Å². The number of hydrogen-bond donors (Lipinski definition) is 3. The number of carboxylic acids is 1.